The summed E-state index contributed by atoms with van der Waals surface area (Å²) in [6.45, 7) is 1.98. The van der Waals surface area contributed by atoms with Crippen LogP contribution in [0.4, 0.5) is 11.4 Å². The first-order chi connectivity index (χ1) is 8.95. The predicted molar refractivity (Wildman–Crippen MR) is 85.1 cm³/mol. The van der Waals surface area contributed by atoms with Gasteiger partial charge in [-0.05, 0) is 49.1 Å². The molecule has 0 heterocycles. The summed E-state index contributed by atoms with van der Waals surface area (Å²) in [6.07, 6.45) is 2.70. The SMILES string of the molecule is CSCC[C@H](N)C(=O)Nc1ccc(N(C)C)cc1C. The number of hydrogen-bond donors (Lipinski definition) is 2. The lowest BCUT2D eigenvalue weighted by molar-refractivity contribution is -0.117. The Labute approximate surface area is 119 Å². The fraction of sp³-hybridized carbons (Fsp3) is 0.500. The summed E-state index contributed by atoms with van der Waals surface area (Å²) in [4.78, 5) is 14.0. The molecule has 19 heavy (non-hydrogen) atoms. The van der Waals surface area contributed by atoms with Gasteiger partial charge in [-0.25, -0.2) is 0 Å². The molecule has 0 aliphatic carbocycles. The second kappa shape index (κ2) is 7.40. The lowest BCUT2D eigenvalue weighted by Gasteiger charge is -2.17. The number of nitrogens with zero attached hydrogens (tertiary/aromatic N) is 1. The van der Waals surface area contributed by atoms with E-state index in [-0.39, 0.29) is 5.91 Å². The van der Waals surface area contributed by atoms with Crippen molar-refractivity contribution in [1.82, 2.24) is 0 Å². The summed E-state index contributed by atoms with van der Waals surface area (Å²) in [5.74, 6) is 0.780. The molecule has 0 bridgehead atoms. The normalized spacial score (nSPS) is 12.1. The second-order valence-corrected chi connectivity index (χ2v) is 5.76. The number of anilines is 2. The van der Waals surface area contributed by atoms with Crippen molar-refractivity contribution in [3.63, 3.8) is 0 Å². The van der Waals surface area contributed by atoms with Crippen LogP contribution in [-0.4, -0.2) is 38.1 Å². The molecule has 0 aliphatic heterocycles. The Morgan fingerprint density at radius 2 is 2.16 bits per heavy atom. The molecule has 0 saturated carbocycles. The van der Waals surface area contributed by atoms with Crippen LogP contribution in [0.5, 0.6) is 0 Å². The van der Waals surface area contributed by atoms with Crippen molar-refractivity contribution in [3.8, 4) is 0 Å². The van der Waals surface area contributed by atoms with Gasteiger partial charge in [-0.2, -0.15) is 11.8 Å². The Kier molecular flexibility index (Phi) is 6.18. The molecule has 4 nitrogen and oxygen atoms in total. The highest BCUT2D eigenvalue weighted by Crippen LogP contribution is 2.21. The molecule has 0 saturated heterocycles. The lowest BCUT2D eigenvalue weighted by Crippen LogP contribution is -2.36. The van der Waals surface area contributed by atoms with Gasteiger partial charge in [-0.1, -0.05) is 0 Å². The zero-order valence-electron chi connectivity index (χ0n) is 12.1. The highest BCUT2D eigenvalue weighted by atomic mass is 32.2. The zero-order valence-corrected chi connectivity index (χ0v) is 12.9. The minimum Gasteiger partial charge on any atom is -0.378 e. The van der Waals surface area contributed by atoms with Crippen molar-refractivity contribution < 1.29 is 4.79 Å². The van der Waals surface area contributed by atoms with E-state index in [1.165, 1.54) is 0 Å². The second-order valence-electron chi connectivity index (χ2n) is 4.77. The van der Waals surface area contributed by atoms with Gasteiger partial charge in [0.1, 0.15) is 0 Å². The zero-order chi connectivity index (χ0) is 14.4. The van der Waals surface area contributed by atoms with Gasteiger partial charge in [0.2, 0.25) is 5.91 Å². The molecule has 0 aliphatic rings. The van der Waals surface area contributed by atoms with Crippen molar-refractivity contribution in [2.75, 3.05) is 36.3 Å². The molecule has 106 valence electrons. The molecular weight excluding hydrogens is 258 g/mol. The van der Waals surface area contributed by atoms with Gasteiger partial charge in [0, 0.05) is 25.5 Å². The summed E-state index contributed by atoms with van der Waals surface area (Å²) in [7, 11) is 3.98. The van der Waals surface area contributed by atoms with Crippen LogP contribution < -0.4 is 16.0 Å². The number of rotatable bonds is 6. The Bertz CT molecular complexity index is 435. The van der Waals surface area contributed by atoms with E-state index in [4.69, 9.17) is 5.73 Å². The Balaban J connectivity index is 2.69. The summed E-state index contributed by atoms with van der Waals surface area (Å²) < 4.78 is 0. The third kappa shape index (κ3) is 4.76. The van der Waals surface area contributed by atoms with Crippen LogP contribution in [0.1, 0.15) is 12.0 Å². The topological polar surface area (TPSA) is 58.4 Å². The summed E-state index contributed by atoms with van der Waals surface area (Å²) in [5.41, 5.74) is 8.83. The van der Waals surface area contributed by atoms with E-state index in [9.17, 15) is 4.79 Å². The third-order valence-electron chi connectivity index (χ3n) is 2.95. The van der Waals surface area contributed by atoms with Crippen molar-refractivity contribution in [2.24, 2.45) is 5.73 Å². The van der Waals surface area contributed by atoms with Gasteiger partial charge in [0.25, 0.3) is 0 Å². The maximum atomic E-state index is 11.9. The highest BCUT2D eigenvalue weighted by Gasteiger charge is 2.14. The summed E-state index contributed by atoms with van der Waals surface area (Å²) >= 11 is 1.70. The van der Waals surface area contributed by atoms with Gasteiger partial charge in [-0.15, -0.1) is 0 Å². The average molecular weight is 281 g/mol. The number of aryl methyl sites for hydroxylation is 1. The number of benzene rings is 1. The van der Waals surface area contributed by atoms with E-state index in [0.717, 1.165) is 22.7 Å². The van der Waals surface area contributed by atoms with E-state index in [0.29, 0.717) is 6.42 Å². The maximum Gasteiger partial charge on any atom is 0.241 e. The molecule has 0 radical (unpaired) electrons. The van der Waals surface area contributed by atoms with Gasteiger partial charge >= 0.3 is 0 Å². The molecule has 1 rings (SSSR count). The fourth-order valence-electron chi connectivity index (χ4n) is 1.67. The number of amides is 1. The molecule has 0 fully saturated rings. The first kappa shape index (κ1) is 15.9. The third-order valence-corrected chi connectivity index (χ3v) is 3.60. The number of nitrogens with two attached hydrogens (primary N) is 1. The minimum atomic E-state index is -0.444. The molecule has 0 aromatic heterocycles. The van der Waals surface area contributed by atoms with Gasteiger partial charge in [0.05, 0.1) is 6.04 Å². The number of carbonyl (C=O) groups is 1. The first-order valence-corrected chi connectivity index (χ1v) is 7.68. The van der Waals surface area contributed by atoms with Crippen molar-refractivity contribution in [1.29, 1.82) is 0 Å². The van der Waals surface area contributed by atoms with E-state index >= 15 is 0 Å². The van der Waals surface area contributed by atoms with Crippen molar-refractivity contribution in [3.05, 3.63) is 23.8 Å². The van der Waals surface area contributed by atoms with E-state index in [1.54, 1.807) is 11.8 Å². The van der Waals surface area contributed by atoms with Crippen LogP contribution in [0.15, 0.2) is 18.2 Å². The van der Waals surface area contributed by atoms with Gasteiger partial charge in [-0.3, -0.25) is 4.79 Å². The molecule has 1 atom stereocenters. The standard InChI is InChI=1S/C14H23N3OS/c1-10-9-11(17(2)3)5-6-13(10)16-14(18)12(15)7-8-19-4/h5-6,9,12H,7-8,15H2,1-4H3,(H,16,18)/t12-/m0/s1. The highest BCUT2D eigenvalue weighted by molar-refractivity contribution is 7.98. The fourth-order valence-corrected chi connectivity index (χ4v) is 2.16. The van der Waals surface area contributed by atoms with E-state index < -0.39 is 6.04 Å². The van der Waals surface area contributed by atoms with Crippen LogP contribution in [0.3, 0.4) is 0 Å². The lowest BCUT2D eigenvalue weighted by atomic mass is 10.1. The predicted octanol–water partition coefficient (Wildman–Crippen LogP) is 2.08. The summed E-state index contributed by atoms with van der Waals surface area (Å²) in [6, 6.07) is 5.50. The van der Waals surface area contributed by atoms with E-state index in [2.05, 4.69) is 5.32 Å². The Hall–Kier alpha value is -1.20. The maximum absolute atomic E-state index is 11.9. The molecule has 1 aromatic carbocycles. The number of carbonyl (C=O) groups excluding carboxylic acids is 1. The smallest absolute Gasteiger partial charge is 0.241 e. The molecule has 3 N–H and O–H groups in total. The largest absolute Gasteiger partial charge is 0.378 e. The van der Waals surface area contributed by atoms with Crippen LogP contribution in [0.25, 0.3) is 0 Å². The average Bonchev–Trinajstić information content (AvgIpc) is 2.37. The molecule has 0 spiro atoms. The van der Waals surface area contributed by atoms with Gasteiger partial charge < -0.3 is 16.0 Å². The molecule has 0 unspecified atom stereocenters. The quantitative estimate of drug-likeness (QED) is 0.838. The van der Waals surface area contributed by atoms with Crippen LogP contribution in [-0.2, 0) is 4.79 Å². The summed E-state index contributed by atoms with van der Waals surface area (Å²) in [5, 5.41) is 2.89. The minimum absolute atomic E-state index is 0.116. The number of nitrogens with one attached hydrogen (secondary N) is 1. The van der Waals surface area contributed by atoms with Crippen molar-refractivity contribution >= 4 is 29.0 Å². The van der Waals surface area contributed by atoms with Crippen molar-refractivity contribution in [2.45, 2.75) is 19.4 Å². The van der Waals surface area contributed by atoms with E-state index in [1.807, 2.05) is 50.4 Å². The van der Waals surface area contributed by atoms with Crippen LogP contribution in [0, 0.1) is 6.92 Å². The molecule has 1 amide bonds. The molecular formula is C14H23N3OS. The molecule has 5 heteroatoms. The number of hydrogen-bond acceptors (Lipinski definition) is 4. The number of thioether (sulfide) groups is 1. The Morgan fingerprint density at radius 3 is 2.68 bits per heavy atom. The van der Waals surface area contributed by atoms with Gasteiger partial charge in [0.15, 0.2) is 0 Å². The Morgan fingerprint density at radius 1 is 1.47 bits per heavy atom. The van der Waals surface area contributed by atoms with Crippen LogP contribution >= 0.6 is 11.8 Å². The monoisotopic (exact) mass is 281 g/mol. The molecule has 1 aromatic rings. The first-order valence-electron chi connectivity index (χ1n) is 6.29. The van der Waals surface area contributed by atoms with Crippen LogP contribution in [0.2, 0.25) is 0 Å².